The number of thioether (sulfide) groups is 1. The second-order valence-corrected chi connectivity index (χ2v) is 10.1. The zero-order valence-electron chi connectivity index (χ0n) is 18.0. The molecule has 1 amide bonds. The number of carbonyl (C=O) groups is 1. The van der Waals surface area contributed by atoms with Crippen LogP contribution in [0, 0.1) is 0 Å². The van der Waals surface area contributed by atoms with E-state index in [4.69, 9.17) is 9.47 Å². The number of amides is 1. The lowest BCUT2D eigenvalue weighted by Gasteiger charge is -2.25. The minimum atomic E-state index is -0.00611. The average Bonchev–Trinajstić information content (AvgIpc) is 3.62. The highest BCUT2D eigenvalue weighted by Crippen LogP contribution is 2.35. The van der Waals surface area contributed by atoms with Gasteiger partial charge in [-0.3, -0.25) is 4.79 Å². The van der Waals surface area contributed by atoms with Gasteiger partial charge in [-0.2, -0.15) is 0 Å². The van der Waals surface area contributed by atoms with Crippen molar-refractivity contribution in [3.05, 3.63) is 58.1 Å². The molecule has 0 saturated carbocycles. The van der Waals surface area contributed by atoms with Crippen LogP contribution < -0.4 is 14.4 Å². The highest BCUT2D eigenvalue weighted by atomic mass is 32.2. The van der Waals surface area contributed by atoms with Gasteiger partial charge in [-0.1, -0.05) is 23.9 Å². The first-order valence-electron chi connectivity index (χ1n) is 10.5. The van der Waals surface area contributed by atoms with Crippen molar-refractivity contribution >= 4 is 46.0 Å². The normalized spacial score (nSPS) is 12.6. The van der Waals surface area contributed by atoms with Gasteiger partial charge in [0.05, 0.1) is 17.2 Å². The Balaban J connectivity index is 1.37. The molecule has 0 radical (unpaired) electrons. The molecule has 0 bridgehead atoms. The summed E-state index contributed by atoms with van der Waals surface area (Å²) >= 11 is 4.68. The van der Waals surface area contributed by atoms with Crippen LogP contribution in [0.25, 0.3) is 10.7 Å². The van der Waals surface area contributed by atoms with Gasteiger partial charge >= 0.3 is 0 Å². The van der Waals surface area contributed by atoms with E-state index >= 15 is 0 Å². The molecule has 0 aliphatic carbocycles. The number of carbonyl (C=O) groups excluding carboxylic acids is 1. The van der Waals surface area contributed by atoms with Crippen LogP contribution in [0.1, 0.15) is 11.8 Å². The van der Waals surface area contributed by atoms with Gasteiger partial charge in [0.15, 0.2) is 22.5 Å². The number of aromatic nitrogens is 3. The predicted molar refractivity (Wildman–Crippen MR) is 133 cm³/mol. The smallest absolute Gasteiger partial charge is 0.237 e. The predicted octanol–water partition coefficient (Wildman–Crippen LogP) is 5.18. The number of anilines is 1. The molecule has 0 spiro atoms. The number of nitrogens with zero attached hydrogens (tertiary/aromatic N) is 4. The molecule has 0 atom stereocenters. The first-order valence-corrected chi connectivity index (χ1v) is 13.3. The maximum atomic E-state index is 13.4. The highest BCUT2D eigenvalue weighted by Gasteiger charge is 2.22. The van der Waals surface area contributed by atoms with Crippen molar-refractivity contribution in [2.75, 3.05) is 23.9 Å². The SMILES string of the molecule is CCn1c(SCC(=O)N(Cc2cccs2)c2ccc3c(c2)OCCO3)nnc1-c1cccs1. The first-order chi connectivity index (χ1) is 16.2. The molecular weight excluding hydrogens is 476 g/mol. The van der Waals surface area contributed by atoms with Crippen molar-refractivity contribution in [1.29, 1.82) is 0 Å². The fourth-order valence-electron chi connectivity index (χ4n) is 3.55. The first kappa shape index (κ1) is 22.0. The lowest BCUT2D eigenvalue weighted by molar-refractivity contribution is -0.116. The Morgan fingerprint density at radius 2 is 1.91 bits per heavy atom. The van der Waals surface area contributed by atoms with Gasteiger partial charge in [0.2, 0.25) is 5.91 Å². The van der Waals surface area contributed by atoms with Gasteiger partial charge in [-0.15, -0.1) is 32.9 Å². The van der Waals surface area contributed by atoms with E-state index in [0.29, 0.717) is 31.3 Å². The Morgan fingerprint density at radius 1 is 1.09 bits per heavy atom. The molecular formula is C23H22N4O3S3. The molecule has 5 rings (SSSR count). The number of benzene rings is 1. The summed E-state index contributed by atoms with van der Waals surface area (Å²) in [6, 6.07) is 13.7. The van der Waals surface area contributed by atoms with Gasteiger partial charge in [0, 0.05) is 23.2 Å². The fraction of sp³-hybridized carbons (Fsp3) is 0.261. The van der Waals surface area contributed by atoms with Crippen molar-refractivity contribution in [2.24, 2.45) is 0 Å². The largest absolute Gasteiger partial charge is 0.486 e. The van der Waals surface area contributed by atoms with Gasteiger partial charge in [-0.25, -0.2) is 0 Å². The molecule has 4 heterocycles. The summed E-state index contributed by atoms with van der Waals surface area (Å²) in [6.45, 7) is 4.33. The monoisotopic (exact) mass is 498 g/mol. The molecule has 1 aliphatic rings. The molecule has 1 aliphatic heterocycles. The third kappa shape index (κ3) is 4.78. The molecule has 0 saturated heterocycles. The summed E-state index contributed by atoms with van der Waals surface area (Å²) in [5.74, 6) is 2.46. The Kier molecular flexibility index (Phi) is 6.65. The number of ether oxygens (including phenoxy) is 2. The molecule has 0 unspecified atom stereocenters. The van der Waals surface area contributed by atoms with Crippen LogP contribution in [0.3, 0.4) is 0 Å². The van der Waals surface area contributed by atoms with Crippen LogP contribution in [-0.2, 0) is 17.9 Å². The molecule has 1 aromatic carbocycles. The topological polar surface area (TPSA) is 69.5 Å². The zero-order chi connectivity index (χ0) is 22.6. The van der Waals surface area contributed by atoms with Crippen molar-refractivity contribution in [3.8, 4) is 22.2 Å². The second-order valence-electron chi connectivity index (χ2n) is 7.20. The average molecular weight is 499 g/mol. The maximum absolute atomic E-state index is 13.4. The van der Waals surface area contributed by atoms with Gasteiger partial charge < -0.3 is 18.9 Å². The maximum Gasteiger partial charge on any atom is 0.237 e. The molecule has 3 aromatic heterocycles. The molecule has 0 N–H and O–H groups in total. The van der Waals surface area contributed by atoms with E-state index in [2.05, 4.69) is 21.7 Å². The summed E-state index contributed by atoms with van der Waals surface area (Å²) < 4.78 is 13.4. The number of fused-ring (bicyclic) bond motifs is 1. The van der Waals surface area contributed by atoms with Gasteiger partial charge in [0.25, 0.3) is 0 Å². The zero-order valence-corrected chi connectivity index (χ0v) is 20.4. The van der Waals surface area contributed by atoms with Crippen LogP contribution in [-0.4, -0.2) is 39.6 Å². The number of hydrogen-bond acceptors (Lipinski definition) is 8. The van der Waals surface area contributed by atoms with E-state index in [-0.39, 0.29) is 11.7 Å². The van der Waals surface area contributed by atoms with Crippen molar-refractivity contribution < 1.29 is 14.3 Å². The molecule has 7 nitrogen and oxygen atoms in total. The molecule has 170 valence electrons. The summed E-state index contributed by atoms with van der Waals surface area (Å²) in [6.07, 6.45) is 0. The van der Waals surface area contributed by atoms with Crippen molar-refractivity contribution in [1.82, 2.24) is 14.8 Å². The molecule has 33 heavy (non-hydrogen) atoms. The lowest BCUT2D eigenvalue weighted by atomic mass is 10.2. The quantitative estimate of drug-likeness (QED) is 0.312. The second kappa shape index (κ2) is 9.98. The lowest BCUT2D eigenvalue weighted by Crippen LogP contribution is -2.32. The van der Waals surface area contributed by atoms with Crippen LogP contribution in [0.5, 0.6) is 11.5 Å². The number of hydrogen-bond donors (Lipinski definition) is 0. The van der Waals surface area contributed by atoms with E-state index < -0.39 is 0 Å². The molecule has 4 aromatic rings. The summed E-state index contributed by atoms with van der Waals surface area (Å²) in [5, 5.41) is 13.5. The van der Waals surface area contributed by atoms with Crippen LogP contribution in [0.15, 0.2) is 58.4 Å². The van der Waals surface area contributed by atoms with E-state index in [1.807, 2.05) is 53.2 Å². The van der Waals surface area contributed by atoms with Crippen molar-refractivity contribution in [2.45, 2.75) is 25.2 Å². The van der Waals surface area contributed by atoms with Crippen molar-refractivity contribution in [3.63, 3.8) is 0 Å². The van der Waals surface area contributed by atoms with E-state index in [9.17, 15) is 4.79 Å². The van der Waals surface area contributed by atoms with Crippen LogP contribution >= 0.6 is 34.4 Å². The Morgan fingerprint density at radius 3 is 2.67 bits per heavy atom. The Bertz CT molecular complexity index is 1220. The van der Waals surface area contributed by atoms with E-state index in [1.54, 1.807) is 27.6 Å². The number of rotatable bonds is 8. The summed E-state index contributed by atoms with van der Waals surface area (Å²) in [4.78, 5) is 17.4. The minimum Gasteiger partial charge on any atom is -0.486 e. The summed E-state index contributed by atoms with van der Waals surface area (Å²) in [7, 11) is 0. The standard InChI is InChI=1S/C23H22N4O3S3/c1-2-26-22(20-6-4-12-32-20)24-25-23(26)33-15-21(28)27(14-17-5-3-11-31-17)16-7-8-18-19(13-16)30-10-9-29-18/h3-8,11-13H,2,9-10,14-15H2,1H3. The summed E-state index contributed by atoms with van der Waals surface area (Å²) in [5.41, 5.74) is 0.787. The highest BCUT2D eigenvalue weighted by molar-refractivity contribution is 7.99. The number of thiophene rings is 2. The Hall–Kier alpha value is -2.82. The fourth-order valence-corrected chi connectivity index (χ4v) is 5.84. The molecule has 10 heteroatoms. The minimum absolute atomic E-state index is 0.00611. The van der Waals surface area contributed by atoms with Crippen LogP contribution in [0.4, 0.5) is 5.69 Å². The van der Waals surface area contributed by atoms with Crippen LogP contribution in [0.2, 0.25) is 0 Å². The third-order valence-electron chi connectivity index (χ3n) is 5.13. The van der Waals surface area contributed by atoms with E-state index in [1.165, 1.54) is 11.8 Å². The van der Waals surface area contributed by atoms with Gasteiger partial charge in [0.1, 0.15) is 13.2 Å². The molecule has 0 fully saturated rings. The Labute approximate surface area is 204 Å². The van der Waals surface area contributed by atoms with Gasteiger partial charge in [-0.05, 0) is 41.9 Å². The van der Waals surface area contributed by atoms with E-state index in [0.717, 1.165) is 33.0 Å². The third-order valence-corrected chi connectivity index (χ3v) is 7.81.